The van der Waals surface area contributed by atoms with E-state index in [1.165, 1.54) is 4.31 Å². The zero-order chi connectivity index (χ0) is 27.8. The van der Waals surface area contributed by atoms with E-state index < -0.39 is 16.1 Å². The lowest BCUT2D eigenvalue weighted by molar-refractivity contribution is -0.122. The zero-order valence-corrected chi connectivity index (χ0v) is 23.7. The standard InChI is InChI=1S/C30H38N4O4S/c1-4-34(5-2)39(36,37)26-16-17-28(33-18-20-38-21-19-33)27(22-26)31-23(3)30(35)32-29(24-12-8-6-9-13-24)25-14-10-7-11-15-25/h6-17,22-23,29,31H,4-5,18-21H2,1-3H3,(H,32,35)/t23-/m0/s1. The molecule has 1 aliphatic rings. The molecule has 0 aromatic heterocycles. The summed E-state index contributed by atoms with van der Waals surface area (Å²) in [6.07, 6.45) is 0. The monoisotopic (exact) mass is 550 g/mol. The van der Waals surface area contributed by atoms with E-state index in [0.717, 1.165) is 16.8 Å². The van der Waals surface area contributed by atoms with Crippen LogP contribution in [0, 0.1) is 0 Å². The fourth-order valence-corrected chi connectivity index (χ4v) is 6.28. The molecule has 208 valence electrons. The van der Waals surface area contributed by atoms with E-state index >= 15 is 0 Å². The fourth-order valence-electron chi connectivity index (χ4n) is 4.80. The van der Waals surface area contributed by atoms with Crippen LogP contribution in [0.2, 0.25) is 0 Å². The Morgan fingerprint density at radius 1 is 0.923 bits per heavy atom. The highest BCUT2D eigenvalue weighted by Gasteiger charge is 2.26. The Kier molecular flexibility index (Phi) is 9.61. The van der Waals surface area contributed by atoms with Crippen LogP contribution in [-0.4, -0.2) is 64.1 Å². The Hall–Kier alpha value is -3.40. The van der Waals surface area contributed by atoms with E-state index in [9.17, 15) is 13.2 Å². The minimum Gasteiger partial charge on any atom is -0.378 e. The molecule has 0 bridgehead atoms. The second kappa shape index (κ2) is 13.1. The summed E-state index contributed by atoms with van der Waals surface area (Å²) in [6, 6.07) is 23.9. The number of benzene rings is 3. The van der Waals surface area contributed by atoms with Crippen molar-refractivity contribution in [2.45, 2.75) is 37.8 Å². The fraction of sp³-hybridized carbons (Fsp3) is 0.367. The van der Waals surface area contributed by atoms with E-state index in [2.05, 4.69) is 15.5 Å². The Morgan fingerprint density at radius 2 is 1.49 bits per heavy atom. The van der Waals surface area contributed by atoms with Gasteiger partial charge in [-0.25, -0.2) is 8.42 Å². The SMILES string of the molecule is CCN(CC)S(=O)(=O)c1ccc(N2CCOCC2)c(N[C@@H](C)C(=O)NC(c2ccccc2)c2ccccc2)c1. The van der Waals surface area contributed by atoms with E-state index in [1.807, 2.05) is 80.6 Å². The third-order valence-electron chi connectivity index (χ3n) is 6.98. The predicted octanol–water partition coefficient (Wildman–Crippen LogP) is 4.26. The van der Waals surface area contributed by atoms with E-state index in [1.54, 1.807) is 19.1 Å². The van der Waals surface area contributed by atoms with Crippen molar-refractivity contribution < 1.29 is 17.9 Å². The van der Waals surface area contributed by atoms with Crippen LogP contribution in [0.5, 0.6) is 0 Å². The van der Waals surface area contributed by atoms with E-state index in [0.29, 0.717) is 45.1 Å². The number of sulfonamides is 1. The summed E-state index contributed by atoms with van der Waals surface area (Å²) in [7, 11) is -3.67. The zero-order valence-electron chi connectivity index (χ0n) is 22.8. The second-order valence-corrected chi connectivity index (χ2v) is 11.4. The van der Waals surface area contributed by atoms with Crippen LogP contribution in [0.25, 0.3) is 0 Å². The molecule has 8 nitrogen and oxygen atoms in total. The smallest absolute Gasteiger partial charge is 0.243 e. The molecule has 3 aromatic carbocycles. The van der Waals surface area contributed by atoms with Gasteiger partial charge in [0.05, 0.1) is 35.5 Å². The van der Waals surface area contributed by atoms with Crippen LogP contribution in [-0.2, 0) is 19.6 Å². The molecule has 0 saturated carbocycles. The molecule has 1 amide bonds. The van der Waals surface area contributed by atoms with Crippen molar-refractivity contribution in [2.75, 3.05) is 49.6 Å². The van der Waals surface area contributed by atoms with Gasteiger partial charge in [-0.1, -0.05) is 74.5 Å². The van der Waals surface area contributed by atoms with Gasteiger partial charge in [0, 0.05) is 26.2 Å². The summed E-state index contributed by atoms with van der Waals surface area (Å²) in [5.74, 6) is -0.197. The number of rotatable bonds is 11. The van der Waals surface area contributed by atoms with E-state index in [-0.39, 0.29) is 16.8 Å². The molecule has 1 saturated heterocycles. The number of carbonyl (C=O) groups is 1. The molecule has 4 rings (SSSR count). The van der Waals surface area contributed by atoms with Gasteiger partial charge in [0.2, 0.25) is 15.9 Å². The van der Waals surface area contributed by atoms with Crippen LogP contribution in [0.4, 0.5) is 11.4 Å². The van der Waals surface area contributed by atoms with Gasteiger partial charge in [-0.3, -0.25) is 4.79 Å². The molecule has 3 aromatic rings. The number of hydrogen-bond acceptors (Lipinski definition) is 6. The number of hydrogen-bond donors (Lipinski definition) is 2. The molecule has 0 radical (unpaired) electrons. The minimum atomic E-state index is -3.67. The van der Waals surface area contributed by atoms with Crippen molar-refractivity contribution in [1.82, 2.24) is 9.62 Å². The summed E-state index contributed by atoms with van der Waals surface area (Å²) in [6.45, 7) is 8.74. The average Bonchev–Trinajstić information content (AvgIpc) is 2.97. The van der Waals surface area contributed by atoms with Gasteiger partial charge in [0.25, 0.3) is 0 Å². The van der Waals surface area contributed by atoms with Gasteiger partial charge in [0.1, 0.15) is 6.04 Å². The van der Waals surface area contributed by atoms with Crippen LogP contribution in [0.1, 0.15) is 37.9 Å². The molecule has 0 spiro atoms. The largest absolute Gasteiger partial charge is 0.378 e. The van der Waals surface area contributed by atoms with Crippen LogP contribution in [0.15, 0.2) is 83.8 Å². The lowest BCUT2D eigenvalue weighted by Crippen LogP contribution is -2.41. The number of morpholine rings is 1. The first-order valence-electron chi connectivity index (χ1n) is 13.5. The van der Waals surface area contributed by atoms with Crippen molar-refractivity contribution in [1.29, 1.82) is 0 Å². The minimum absolute atomic E-state index is 0.197. The van der Waals surface area contributed by atoms with Crippen molar-refractivity contribution >= 4 is 27.3 Å². The molecular weight excluding hydrogens is 512 g/mol. The Labute approximate surface area is 232 Å². The molecule has 0 unspecified atom stereocenters. The first-order chi connectivity index (χ1) is 18.8. The lowest BCUT2D eigenvalue weighted by atomic mass is 9.98. The Balaban J connectivity index is 1.63. The van der Waals surface area contributed by atoms with Crippen molar-refractivity contribution in [3.8, 4) is 0 Å². The van der Waals surface area contributed by atoms with Gasteiger partial charge in [0.15, 0.2) is 0 Å². The highest BCUT2D eigenvalue weighted by atomic mass is 32.2. The van der Waals surface area contributed by atoms with Gasteiger partial charge in [-0.15, -0.1) is 0 Å². The van der Waals surface area contributed by atoms with Crippen LogP contribution >= 0.6 is 0 Å². The molecule has 9 heteroatoms. The molecule has 0 aliphatic carbocycles. The van der Waals surface area contributed by atoms with Gasteiger partial charge in [-0.2, -0.15) is 4.31 Å². The summed E-state index contributed by atoms with van der Waals surface area (Å²) >= 11 is 0. The van der Waals surface area contributed by atoms with Crippen molar-refractivity contribution in [2.24, 2.45) is 0 Å². The predicted molar refractivity (Wildman–Crippen MR) is 156 cm³/mol. The quantitative estimate of drug-likeness (QED) is 0.371. The second-order valence-electron chi connectivity index (χ2n) is 9.50. The van der Waals surface area contributed by atoms with E-state index in [4.69, 9.17) is 4.74 Å². The number of ether oxygens (including phenoxy) is 1. The summed E-state index contributed by atoms with van der Waals surface area (Å²) in [5, 5.41) is 6.51. The molecule has 39 heavy (non-hydrogen) atoms. The number of amides is 1. The van der Waals surface area contributed by atoms with Gasteiger partial charge >= 0.3 is 0 Å². The molecule has 1 aliphatic heterocycles. The lowest BCUT2D eigenvalue weighted by Gasteiger charge is -2.32. The van der Waals surface area contributed by atoms with Crippen molar-refractivity contribution in [3.05, 3.63) is 90.0 Å². The van der Waals surface area contributed by atoms with Crippen molar-refractivity contribution in [3.63, 3.8) is 0 Å². The molecule has 1 atom stereocenters. The normalized spacial score (nSPS) is 14.8. The molecular formula is C30H38N4O4S. The highest BCUT2D eigenvalue weighted by Crippen LogP contribution is 2.32. The van der Waals surface area contributed by atoms with Gasteiger partial charge in [-0.05, 0) is 36.2 Å². The third kappa shape index (κ3) is 6.79. The summed E-state index contributed by atoms with van der Waals surface area (Å²) in [5.41, 5.74) is 3.40. The van der Waals surface area contributed by atoms with Crippen LogP contribution in [0.3, 0.4) is 0 Å². The average molecular weight is 551 g/mol. The maximum Gasteiger partial charge on any atom is 0.243 e. The highest BCUT2D eigenvalue weighted by molar-refractivity contribution is 7.89. The summed E-state index contributed by atoms with van der Waals surface area (Å²) < 4.78 is 33.5. The third-order valence-corrected chi connectivity index (χ3v) is 9.03. The Morgan fingerprint density at radius 3 is 2.03 bits per heavy atom. The molecule has 1 fully saturated rings. The number of nitrogens with one attached hydrogen (secondary N) is 2. The Bertz CT molecular complexity index is 1290. The first kappa shape index (κ1) is 28.6. The van der Waals surface area contributed by atoms with Gasteiger partial charge < -0.3 is 20.3 Å². The maximum absolute atomic E-state index is 13.5. The maximum atomic E-state index is 13.5. The molecule has 1 heterocycles. The van der Waals surface area contributed by atoms with Crippen LogP contribution < -0.4 is 15.5 Å². The number of anilines is 2. The topological polar surface area (TPSA) is 91.0 Å². The molecule has 2 N–H and O–H groups in total. The number of carbonyl (C=O) groups excluding carboxylic acids is 1. The first-order valence-corrected chi connectivity index (χ1v) is 14.9. The summed E-state index contributed by atoms with van der Waals surface area (Å²) in [4.78, 5) is 15.9. The number of nitrogens with zero attached hydrogens (tertiary/aromatic N) is 2.